The molecule has 2 aromatic carbocycles. The van der Waals surface area contributed by atoms with Gasteiger partial charge in [-0.15, -0.1) is 0 Å². The molecular weight excluding hydrogens is 389 g/mol. The highest BCUT2D eigenvalue weighted by atomic mass is 35.5. The van der Waals surface area contributed by atoms with E-state index in [0.717, 1.165) is 5.56 Å². The van der Waals surface area contributed by atoms with Crippen LogP contribution in [0.1, 0.15) is 12.8 Å². The fourth-order valence-electron chi connectivity index (χ4n) is 2.31. The van der Waals surface area contributed by atoms with E-state index in [4.69, 9.17) is 32.5 Å². The van der Waals surface area contributed by atoms with Gasteiger partial charge in [-0.3, -0.25) is 4.79 Å². The number of benzene rings is 2. The summed E-state index contributed by atoms with van der Waals surface area (Å²) in [7, 11) is 0. The van der Waals surface area contributed by atoms with Gasteiger partial charge in [-0.05, 0) is 43.3 Å². The van der Waals surface area contributed by atoms with E-state index < -0.39 is 6.10 Å². The maximum atomic E-state index is 12.1. The standard InChI is InChI=1S/C19H17Cl2N3O3/c1-12(26-16-7-5-14(20)6-8-16)19(25)22-10-9-17-23-18(24-27-17)13-3-2-4-15(21)11-13/h2-8,11-12H,9-10H2,1H3,(H,22,25). The number of nitrogens with one attached hydrogen (secondary N) is 1. The fourth-order valence-corrected chi connectivity index (χ4v) is 2.62. The highest BCUT2D eigenvalue weighted by Crippen LogP contribution is 2.20. The number of carbonyl (C=O) groups excluding carboxylic acids is 1. The summed E-state index contributed by atoms with van der Waals surface area (Å²) >= 11 is 11.8. The summed E-state index contributed by atoms with van der Waals surface area (Å²) in [4.78, 5) is 16.4. The van der Waals surface area contributed by atoms with Crippen LogP contribution in [-0.2, 0) is 11.2 Å². The Morgan fingerprint density at radius 1 is 1.19 bits per heavy atom. The van der Waals surface area contributed by atoms with Gasteiger partial charge in [-0.25, -0.2) is 0 Å². The Balaban J connectivity index is 1.48. The minimum absolute atomic E-state index is 0.237. The van der Waals surface area contributed by atoms with Crippen LogP contribution in [0.25, 0.3) is 11.4 Å². The molecule has 1 heterocycles. The third kappa shape index (κ3) is 5.45. The fraction of sp³-hybridized carbons (Fsp3) is 0.211. The molecule has 0 saturated heterocycles. The summed E-state index contributed by atoms with van der Waals surface area (Å²) in [5, 5.41) is 7.92. The normalized spacial score (nSPS) is 11.8. The number of aromatic nitrogens is 2. The summed E-state index contributed by atoms with van der Waals surface area (Å²) in [6.45, 7) is 2.03. The minimum atomic E-state index is -0.643. The Bertz CT molecular complexity index is 913. The average Bonchev–Trinajstić information content (AvgIpc) is 3.12. The predicted molar refractivity (Wildman–Crippen MR) is 103 cm³/mol. The van der Waals surface area contributed by atoms with Crippen molar-refractivity contribution in [2.24, 2.45) is 0 Å². The van der Waals surface area contributed by atoms with Crippen LogP contribution in [-0.4, -0.2) is 28.7 Å². The van der Waals surface area contributed by atoms with Crippen LogP contribution in [0.3, 0.4) is 0 Å². The number of hydrogen-bond acceptors (Lipinski definition) is 5. The number of amides is 1. The molecule has 0 aliphatic carbocycles. The zero-order chi connectivity index (χ0) is 19.2. The summed E-state index contributed by atoms with van der Waals surface area (Å²) < 4.78 is 10.8. The lowest BCUT2D eigenvalue weighted by molar-refractivity contribution is -0.127. The minimum Gasteiger partial charge on any atom is -0.481 e. The molecule has 6 nitrogen and oxygen atoms in total. The van der Waals surface area contributed by atoms with Crippen LogP contribution in [0.15, 0.2) is 53.1 Å². The monoisotopic (exact) mass is 405 g/mol. The molecule has 1 unspecified atom stereocenters. The number of nitrogens with zero attached hydrogens (tertiary/aromatic N) is 2. The van der Waals surface area contributed by atoms with Gasteiger partial charge >= 0.3 is 0 Å². The van der Waals surface area contributed by atoms with E-state index in [0.29, 0.717) is 40.5 Å². The molecule has 3 rings (SSSR count). The van der Waals surface area contributed by atoms with Crippen molar-refractivity contribution in [3.63, 3.8) is 0 Å². The average molecular weight is 406 g/mol. The zero-order valence-electron chi connectivity index (χ0n) is 14.5. The van der Waals surface area contributed by atoms with Gasteiger partial charge in [-0.2, -0.15) is 4.98 Å². The van der Waals surface area contributed by atoms with E-state index in [-0.39, 0.29) is 5.91 Å². The van der Waals surface area contributed by atoms with Crippen LogP contribution in [0.2, 0.25) is 10.0 Å². The molecule has 0 aliphatic heterocycles. The molecule has 1 aromatic heterocycles. The summed E-state index contributed by atoms with van der Waals surface area (Å²) in [6.07, 6.45) is -0.233. The first-order chi connectivity index (χ1) is 13.0. The Kier molecular flexibility index (Phi) is 6.32. The molecule has 0 radical (unpaired) electrons. The number of carbonyl (C=O) groups is 1. The van der Waals surface area contributed by atoms with Crippen LogP contribution >= 0.6 is 23.2 Å². The Morgan fingerprint density at radius 3 is 2.70 bits per heavy atom. The van der Waals surface area contributed by atoms with E-state index in [1.165, 1.54) is 0 Å². The third-order valence-electron chi connectivity index (χ3n) is 3.68. The lowest BCUT2D eigenvalue weighted by atomic mass is 10.2. The van der Waals surface area contributed by atoms with Gasteiger partial charge in [0.2, 0.25) is 11.7 Å². The Hall–Kier alpha value is -2.57. The number of hydrogen-bond donors (Lipinski definition) is 1. The highest BCUT2D eigenvalue weighted by Gasteiger charge is 2.15. The molecular formula is C19H17Cl2N3O3. The molecule has 0 spiro atoms. The molecule has 8 heteroatoms. The molecule has 3 aromatic rings. The molecule has 1 amide bonds. The second kappa shape index (κ2) is 8.88. The summed E-state index contributed by atoms with van der Waals surface area (Å²) in [6, 6.07) is 14.0. The van der Waals surface area contributed by atoms with Crippen molar-refractivity contribution in [3.05, 3.63) is 64.5 Å². The van der Waals surface area contributed by atoms with Gasteiger partial charge in [0, 0.05) is 28.6 Å². The maximum Gasteiger partial charge on any atom is 0.260 e. The molecule has 140 valence electrons. The SMILES string of the molecule is CC(Oc1ccc(Cl)cc1)C(=O)NCCc1nc(-c2cccc(Cl)c2)no1. The van der Waals surface area contributed by atoms with Crippen molar-refractivity contribution in [3.8, 4) is 17.1 Å². The van der Waals surface area contributed by atoms with Crippen molar-refractivity contribution in [2.75, 3.05) is 6.54 Å². The van der Waals surface area contributed by atoms with E-state index in [9.17, 15) is 4.79 Å². The topological polar surface area (TPSA) is 77.2 Å². The zero-order valence-corrected chi connectivity index (χ0v) is 16.0. The second-order valence-electron chi connectivity index (χ2n) is 5.78. The Labute approximate surface area is 166 Å². The van der Waals surface area contributed by atoms with E-state index in [1.54, 1.807) is 43.3 Å². The molecule has 1 atom stereocenters. The number of halogens is 2. The van der Waals surface area contributed by atoms with Crippen molar-refractivity contribution in [1.82, 2.24) is 15.5 Å². The van der Waals surface area contributed by atoms with Crippen molar-refractivity contribution >= 4 is 29.1 Å². The smallest absolute Gasteiger partial charge is 0.260 e. The van der Waals surface area contributed by atoms with Crippen LogP contribution in [0.5, 0.6) is 5.75 Å². The maximum absolute atomic E-state index is 12.1. The third-order valence-corrected chi connectivity index (χ3v) is 4.17. The van der Waals surface area contributed by atoms with E-state index in [2.05, 4.69) is 15.5 Å². The van der Waals surface area contributed by atoms with E-state index in [1.807, 2.05) is 12.1 Å². The quantitative estimate of drug-likeness (QED) is 0.637. The second-order valence-corrected chi connectivity index (χ2v) is 6.65. The highest BCUT2D eigenvalue weighted by molar-refractivity contribution is 6.31. The molecule has 0 aliphatic rings. The molecule has 0 fully saturated rings. The number of rotatable bonds is 7. The van der Waals surface area contributed by atoms with Gasteiger partial charge in [0.05, 0.1) is 0 Å². The molecule has 1 N–H and O–H groups in total. The first-order valence-corrected chi connectivity index (χ1v) is 9.05. The van der Waals surface area contributed by atoms with Gasteiger partial charge in [0.15, 0.2) is 6.10 Å². The summed E-state index contributed by atoms with van der Waals surface area (Å²) in [5.74, 6) is 1.22. The van der Waals surface area contributed by atoms with Crippen LogP contribution in [0.4, 0.5) is 0 Å². The van der Waals surface area contributed by atoms with E-state index >= 15 is 0 Å². The molecule has 27 heavy (non-hydrogen) atoms. The lowest BCUT2D eigenvalue weighted by Crippen LogP contribution is -2.37. The first kappa shape index (κ1) is 19.2. The Morgan fingerprint density at radius 2 is 1.96 bits per heavy atom. The van der Waals surface area contributed by atoms with Crippen molar-refractivity contribution in [1.29, 1.82) is 0 Å². The van der Waals surface area contributed by atoms with Crippen LogP contribution < -0.4 is 10.1 Å². The van der Waals surface area contributed by atoms with Crippen molar-refractivity contribution < 1.29 is 14.1 Å². The number of ether oxygens (including phenoxy) is 1. The molecule has 0 bridgehead atoms. The predicted octanol–water partition coefficient (Wildman–Crippen LogP) is 4.17. The summed E-state index contributed by atoms with van der Waals surface area (Å²) in [5.41, 5.74) is 0.770. The van der Waals surface area contributed by atoms with Gasteiger partial charge in [-0.1, -0.05) is 40.5 Å². The van der Waals surface area contributed by atoms with Gasteiger partial charge < -0.3 is 14.6 Å². The lowest BCUT2D eigenvalue weighted by Gasteiger charge is -2.14. The van der Waals surface area contributed by atoms with Gasteiger partial charge in [0.1, 0.15) is 5.75 Å². The van der Waals surface area contributed by atoms with Crippen molar-refractivity contribution in [2.45, 2.75) is 19.4 Å². The first-order valence-electron chi connectivity index (χ1n) is 8.30. The largest absolute Gasteiger partial charge is 0.481 e. The molecule has 0 saturated carbocycles. The van der Waals surface area contributed by atoms with Gasteiger partial charge in [0.25, 0.3) is 5.91 Å². The van der Waals surface area contributed by atoms with Crippen LogP contribution in [0, 0.1) is 0 Å².